The van der Waals surface area contributed by atoms with Crippen LogP contribution < -0.4 is 0 Å². The third-order valence-electron chi connectivity index (χ3n) is 4.21. The highest BCUT2D eigenvalue weighted by molar-refractivity contribution is 8.14. The fraction of sp³-hybridized carbons (Fsp3) is 0. The Morgan fingerprint density at radius 1 is 0.793 bits per heavy atom. The summed E-state index contributed by atoms with van der Waals surface area (Å²) in [6.45, 7) is 0. The Hall–Kier alpha value is -3.16. The Morgan fingerprint density at radius 3 is 1.97 bits per heavy atom. The molecule has 0 atom stereocenters. The lowest BCUT2D eigenvalue weighted by Crippen LogP contribution is -2.05. The van der Waals surface area contributed by atoms with Crippen molar-refractivity contribution in [1.82, 2.24) is 9.97 Å². The van der Waals surface area contributed by atoms with Crippen LogP contribution in [0.1, 0.15) is 10.4 Å². The molecule has 0 unspecified atom stereocenters. The number of rotatable bonds is 5. The van der Waals surface area contributed by atoms with Gasteiger partial charge in [-0.05, 0) is 23.9 Å². The van der Waals surface area contributed by atoms with Crippen molar-refractivity contribution in [2.24, 2.45) is 0 Å². The van der Waals surface area contributed by atoms with Crippen LogP contribution in [0.15, 0.2) is 106 Å². The number of aromatic nitrogens is 2. The Bertz CT molecular complexity index is 1240. The molecule has 0 aliphatic rings. The summed E-state index contributed by atoms with van der Waals surface area (Å²) >= 11 is 0.800. The van der Waals surface area contributed by atoms with Crippen LogP contribution in [0.2, 0.25) is 0 Å². The van der Waals surface area contributed by atoms with Crippen molar-refractivity contribution in [3.63, 3.8) is 0 Å². The SMILES string of the molecule is O=C(Sc1nc(-c2ccccc2)[nH]c1S(=O)(=O)c1ccccc1)c1ccccc1. The van der Waals surface area contributed by atoms with Gasteiger partial charge in [0, 0.05) is 11.1 Å². The summed E-state index contributed by atoms with van der Waals surface area (Å²) < 4.78 is 26.4. The van der Waals surface area contributed by atoms with Gasteiger partial charge in [-0.1, -0.05) is 78.9 Å². The van der Waals surface area contributed by atoms with Gasteiger partial charge in [-0.2, -0.15) is 0 Å². The average molecular weight is 421 g/mol. The van der Waals surface area contributed by atoms with Crippen molar-refractivity contribution in [2.75, 3.05) is 0 Å². The van der Waals surface area contributed by atoms with Crippen LogP contribution in [-0.2, 0) is 9.84 Å². The maximum Gasteiger partial charge on any atom is 0.225 e. The van der Waals surface area contributed by atoms with E-state index >= 15 is 0 Å². The molecule has 0 radical (unpaired) electrons. The number of sulfone groups is 1. The van der Waals surface area contributed by atoms with E-state index in [-0.39, 0.29) is 20.1 Å². The lowest BCUT2D eigenvalue weighted by Gasteiger charge is -2.04. The highest BCUT2D eigenvalue weighted by Gasteiger charge is 2.28. The van der Waals surface area contributed by atoms with Crippen LogP contribution >= 0.6 is 11.8 Å². The summed E-state index contributed by atoms with van der Waals surface area (Å²) in [5, 5.41) is -0.236. The third kappa shape index (κ3) is 4.01. The van der Waals surface area contributed by atoms with Crippen LogP contribution in [0.3, 0.4) is 0 Å². The van der Waals surface area contributed by atoms with Crippen molar-refractivity contribution < 1.29 is 13.2 Å². The van der Waals surface area contributed by atoms with Crippen molar-refractivity contribution in [3.05, 3.63) is 96.6 Å². The van der Waals surface area contributed by atoms with E-state index in [1.807, 2.05) is 36.4 Å². The van der Waals surface area contributed by atoms with Gasteiger partial charge in [-0.3, -0.25) is 4.79 Å². The highest BCUT2D eigenvalue weighted by atomic mass is 32.2. The number of thioether (sulfide) groups is 1. The van der Waals surface area contributed by atoms with E-state index in [0.29, 0.717) is 11.4 Å². The van der Waals surface area contributed by atoms with Crippen molar-refractivity contribution in [2.45, 2.75) is 14.9 Å². The topological polar surface area (TPSA) is 79.9 Å². The van der Waals surface area contributed by atoms with Gasteiger partial charge in [0.25, 0.3) is 0 Å². The summed E-state index contributed by atoms with van der Waals surface area (Å²) in [4.78, 5) is 20.2. The minimum Gasteiger partial charge on any atom is -0.328 e. The Labute approximate surface area is 172 Å². The molecule has 0 aliphatic carbocycles. The Kier molecular flexibility index (Phi) is 5.33. The first-order valence-electron chi connectivity index (χ1n) is 8.78. The zero-order valence-electron chi connectivity index (χ0n) is 15.1. The zero-order valence-corrected chi connectivity index (χ0v) is 16.8. The smallest absolute Gasteiger partial charge is 0.225 e. The summed E-state index contributed by atoms with van der Waals surface area (Å²) in [5.41, 5.74) is 1.21. The zero-order chi connectivity index (χ0) is 20.3. The minimum atomic E-state index is -3.88. The predicted molar refractivity (Wildman–Crippen MR) is 113 cm³/mol. The van der Waals surface area contributed by atoms with Gasteiger partial charge in [0.15, 0.2) is 5.03 Å². The number of H-pyrrole nitrogens is 1. The van der Waals surface area contributed by atoms with Crippen LogP contribution in [0, 0.1) is 0 Å². The second kappa shape index (κ2) is 8.06. The van der Waals surface area contributed by atoms with E-state index in [2.05, 4.69) is 9.97 Å². The molecular formula is C22H16N2O3S2. The fourth-order valence-electron chi connectivity index (χ4n) is 2.76. The Balaban J connectivity index is 1.81. The number of carbonyl (C=O) groups is 1. The number of hydrogen-bond acceptors (Lipinski definition) is 5. The molecule has 1 aromatic heterocycles. The molecule has 0 spiro atoms. The first kappa shape index (κ1) is 19.2. The van der Waals surface area contributed by atoms with Crippen molar-refractivity contribution in [1.29, 1.82) is 0 Å². The molecule has 0 aliphatic heterocycles. The number of carbonyl (C=O) groups excluding carboxylic acids is 1. The van der Waals surface area contributed by atoms with Crippen LogP contribution in [-0.4, -0.2) is 23.5 Å². The van der Waals surface area contributed by atoms with E-state index in [4.69, 9.17) is 0 Å². The first-order chi connectivity index (χ1) is 14.1. The maximum atomic E-state index is 13.2. The quantitative estimate of drug-likeness (QED) is 0.467. The van der Waals surface area contributed by atoms with Gasteiger partial charge in [0.05, 0.1) is 4.90 Å². The average Bonchev–Trinajstić information content (AvgIpc) is 3.20. The second-order valence-electron chi connectivity index (χ2n) is 6.16. The molecule has 3 aromatic carbocycles. The molecule has 4 rings (SSSR count). The summed E-state index contributed by atoms with van der Waals surface area (Å²) in [6, 6.07) is 26.0. The maximum absolute atomic E-state index is 13.2. The molecule has 5 nitrogen and oxygen atoms in total. The number of nitrogens with one attached hydrogen (secondary N) is 1. The number of benzene rings is 3. The van der Waals surface area contributed by atoms with Gasteiger partial charge < -0.3 is 4.98 Å². The van der Waals surface area contributed by atoms with E-state index in [1.54, 1.807) is 42.5 Å². The molecule has 0 bridgehead atoms. The molecule has 144 valence electrons. The fourth-order valence-corrected chi connectivity index (χ4v) is 5.19. The number of nitrogens with zero attached hydrogens (tertiary/aromatic N) is 1. The van der Waals surface area contributed by atoms with Crippen molar-refractivity contribution >= 4 is 26.7 Å². The van der Waals surface area contributed by atoms with Crippen LogP contribution in [0.4, 0.5) is 0 Å². The number of aromatic amines is 1. The summed E-state index contributed by atoms with van der Waals surface area (Å²) in [6.07, 6.45) is 0. The summed E-state index contributed by atoms with van der Waals surface area (Å²) in [5.74, 6) is 0.392. The lowest BCUT2D eigenvalue weighted by molar-refractivity contribution is 0.108. The highest BCUT2D eigenvalue weighted by Crippen LogP contribution is 2.33. The number of imidazole rings is 1. The molecule has 0 fully saturated rings. The molecule has 29 heavy (non-hydrogen) atoms. The van der Waals surface area contributed by atoms with Gasteiger partial charge in [0.1, 0.15) is 10.9 Å². The van der Waals surface area contributed by atoms with Crippen LogP contribution in [0.5, 0.6) is 0 Å². The van der Waals surface area contributed by atoms with Gasteiger partial charge in [-0.15, -0.1) is 0 Å². The molecule has 4 aromatic rings. The molecule has 0 saturated carbocycles. The summed E-state index contributed by atoms with van der Waals surface area (Å²) in [7, 11) is -3.88. The molecule has 7 heteroatoms. The molecule has 0 saturated heterocycles. The van der Waals surface area contributed by atoms with Crippen molar-refractivity contribution in [3.8, 4) is 11.4 Å². The molecule has 1 heterocycles. The number of hydrogen-bond donors (Lipinski definition) is 1. The standard InChI is InChI=1S/C22H16N2O3S2/c25-22(17-12-6-2-7-13-17)28-20-21(29(26,27)18-14-8-3-9-15-18)24-19(23-20)16-10-4-1-5-11-16/h1-15H,(H,23,24). The van der Waals surface area contributed by atoms with E-state index in [9.17, 15) is 13.2 Å². The van der Waals surface area contributed by atoms with Gasteiger partial charge in [-0.25, -0.2) is 13.4 Å². The normalized spacial score (nSPS) is 11.3. The van der Waals surface area contributed by atoms with Crippen LogP contribution in [0.25, 0.3) is 11.4 Å². The van der Waals surface area contributed by atoms with Gasteiger partial charge >= 0.3 is 0 Å². The van der Waals surface area contributed by atoms with E-state index < -0.39 is 9.84 Å². The minimum absolute atomic E-state index is 0.0863. The third-order valence-corrected chi connectivity index (χ3v) is 6.97. The molecule has 1 N–H and O–H groups in total. The van der Waals surface area contributed by atoms with E-state index in [0.717, 1.165) is 17.3 Å². The second-order valence-corrected chi connectivity index (χ2v) is 9.01. The lowest BCUT2D eigenvalue weighted by atomic mass is 10.2. The van der Waals surface area contributed by atoms with Gasteiger partial charge in [0.2, 0.25) is 15.0 Å². The Morgan fingerprint density at radius 2 is 1.34 bits per heavy atom. The monoisotopic (exact) mass is 420 g/mol. The molecule has 0 amide bonds. The first-order valence-corrected chi connectivity index (χ1v) is 11.1. The molecular weight excluding hydrogens is 404 g/mol. The van der Waals surface area contributed by atoms with E-state index in [1.165, 1.54) is 12.1 Å². The largest absolute Gasteiger partial charge is 0.328 e. The predicted octanol–water partition coefficient (Wildman–Crippen LogP) is 4.84.